The third kappa shape index (κ3) is 2.78. The molecule has 1 aromatic carbocycles. The van der Waals surface area contributed by atoms with Gasteiger partial charge >= 0.3 is 0 Å². The van der Waals surface area contributed by atoms with Crippen molar-refractivity contribution in [3.05, 3.63) is 58.5 Å². The molecule has 3 aromatic rings. The van der Waals surface area contributed by atoms with E-state index < -0.39 is 12.6 Å². The molecule has 112 valence electrons. The Hall–Kier alpha value is -2.47. The highest BCUT2D eigenvalue weighted by Gasteiger charge is 2.13. The van der Waals surface area contributed by atoms with Gasteiger partial charge in [-0.25, -0.2) is 4.39 Å². The average molecular weight is 319 g/mol. The Bertz CT molecular complexity index is 862. The standard InChI is InChI=1S/C15H12ClFN4O/c16-11-4-10-3-9(1-2-13(10)19-6-11)7-21-8-12(15(18)22)14(5-17)20-21/h1-4,6,8H,5,7H2,(H2,18,22). The number of halogens is 2. The molecular formula is C15H12ClFN4O. The SMILES string of the molecule is NC(=O)c1cn(Cc2ccc3ncc(Cl)cc3c2)nc1CF. The van der Waals surface area contributed by atoms with Crippen molar-refractivity contribution in [2.45, 2.75) is 13.2 Å². The second-order valence-electron chi connectivity index (χ2n) is 4.87. The minimum atomic E-state index is -0.831. The molecule has 0 saturated heterocycles. The number of carbonyl (C=O) groups is 1. The molecule has 7 heteroatoms. The Balaban J connectivity index is 1.94. The highest BCUT2D eigenvalue weighted by Crippen LogP contribution is 2.19. The van der Waals surface area contributed by atoms with E-state index in [-0.39, 0.29) is 11.3 Å². The van der Waals surface area contributed by atoms with Gasteiger partial charge in [0.1, 0.15) is 12.4 Å². The minimum Gasteiger partial charge on any atom is -0.365 e. The summed E-state index contributed by atoms with van der Waals surface area (Å²) >= 11 is 5.94. The van der Waals surface area contributed by atoms with Gasteiger partial charge in [-0.05, 0) is 23.8 Å². The number of amides is 1. The normalized spacial score (nSPS) is 11.0. The van der Waals surface area contributed by atoms with E-state index in [1.807, 2.05) is 24.3 Å². The number of fused-ring (bicyclic) bond motifs is 1. The first-order valence-corrected chi connectivity index (χ1v) is 6.91. The van der Waals surface area contributed by atoms with Crippen LogP contribution in [-0.2, 0) is 13.2 Å². The number of pyridine rings is 1. The summed E-state index contributed by atoms with van der Waals surface area (Å²) in [5.41, 5.74) is 7.12. The zero-order valence-electron chi connectivity index (χ0n) is 11.5. The van der Waals surface area contributed by atoms with Gasteiger partial charge < -0.3 is 5.73 Å². The number of benzene rings is 1. The number of nitrogens with two attached hydrogens (primary N) is 1. The molecule has 0 atom stereocenters. The quantitative estimate of drug-likeness (QED) is 0.803. The third-order valence-corrected chi connectivity index (χ3v) is 3.49. The Morgan fingerprint density at radius 2 is 2.18 bits per heavy atom. The first-order chi connectivity index (χ1) is 10.6. The topological polar surface area (TPSA) is 73.8 Å². The molecule has 3 rings (SSSR count). The van der Waals surface area contributed by atoms with Crippen LogP contribution in [0.1, 0.15) is 21.6 Å². The first-order valence-electron chi connectivity index (χ1n) is 6.53. The van der Waals surface area contributed by atoms with Crippen LogP contribution in [0.2, 0.25) is 5.02 Å². The highest BCUT2D eigenvalue weighted by atomic mass is 35.5. The fourth-order valence-electron chi connectivity index (χ4n) is 2.29. The number of carbonyl (C=O) groups excluding carboxylic acids is 1. The van der Waals surface area contributed by atoms with Crippen LogP contribution in [0.5, 0.6) is 0 Å². The van der Waals surface area contributed by atoms with E-state index in [4.69, 9.17) is 17.3 Å². The number of hydrogen-bond donors (Lipinski definition) is 1. The molecule has 5 nitrogen and oxygen atoms in total. The van der Waals surface area contributed by atoms with Crippen LogP contribution < -0.4 is 5.73 Å². The lowest BCUT2D eigenvalue weighted by Gasteiger charge is -2.04. The summed E-state index contributed by atoms with van der Waals surface area (Å²) in [7, 11) is 0. The molecule has 0 unspecified atom stereocenters. The summed E-state index contributed by atoms with van der Waals surface area (Å²) in [5.74, 6) is -0.687. The molecule has 0 aliphatic rings. The summed E-state index contributed by atoms with van der Waals surface area (Å²) in [6, 6.07) is 7.51. The molecule has 2 aromatic heterocycles. The van der Waals surface area contributed by atoms with Crippen molar-refractivity contribution >= 4 is 28.4 Å². The molecule has 1 amide bonds. The molecule has 2 N–H and O–H groups in total. The maximum atomic E-state index is 12.8. The molecule has 0 aliphatic carbocycles. The average Bonchev–Trinajstić information content (AvgIpc) is 2.90. The number of rotatable bonds is 4. The van der Waals surface area contributed by atoms with E-state index in [0.29, 0.717) is 11.6 Å². The lowest BCUT2D eigenvalue weighted by atomic mass is 10.1. The lowest BCUT2D eigenvalue weighted by molar-refractivity contribution is 0.0998. The Morgan fingerprint density at radius 1 is 1.36 bits per heavy atom. The largest absolute Gasteiger partial charge is 0.365 e. The van der Waals surface area contributed by atoms with Crippen molar-refractivity contribution in [2.24, 2.45) is 5.73 Å². The van der Waals surface area contributed by atoms with Crippen LogP contribution in [0.4, 0.5) is 4.39 Å². The van der Waals surface area contributed by atoms with Gasteiger partial charge in [-0.2, -0.15) is 5.10 Å². The Labute approximate surface area is 130 Å². The molecule has 0 bridgehead atoms. The smallest absolute Gasteiger partial charge is 0.252 e. The lowest BCUT2D eigenvalue weighted by Crippen LogP contribution is -2.11. The van der Waals surface area contributed by atoms with Gasteiger partial charge in [0.05, 0.1) is 22.6 Å². The molecule has 2 heterocycles. The second kappa shape index (κ2) is 5.73. The predicted octanol–water partition coefficient (Wildman–Crippen LogP) is 2.70. The van der Waals surface area contributed by atoms with Crippen LogP contribution in [0.25, 0.3) is 10.9 Å². The molecule has 0 fully saturated rings. The summed E-state index contributed by atoms with van der Waals surface area (Å²) < 4.78 is 14.3. The van der Waals surface area contributed by atoms with Gasteiger partial charge in [-0.15, -0.1) is 0 Å². The first kappa shape index (κ1) is 14.5. The van der Waals surface area contributed by atoms with Crippen LogP contribution >= 0.6 is 11.6 Å². The number of hydrogen-bond acceptors (Lipinski definition) is 3. The Morgan fingerprint density at radius 3 is 2.86 bits per heavy atom. The van der Waals surface area contributed by atoms with Crippen molar-refractivity contribution in [1.82, 2.24) is 14.8 Å². The zero-order chi connectivity index (χ0) is 15.7. The number of alkyl halides is 1. The molecular weight excluding hydrogens is 307 g/mol. The van der Waals surface area contributed by atoms with E-state index in [0.717, 1.165) is 16.5 Å². The fraction of sp³-hybridized carbons (Fsp3) is 0.133. The molecule has 22 heavy (non-hydrogen) atoms. The zero-order valence-corrected chi connectivity index (χ0v) is 12.2. The van der Waals surface area contributed by atoms with Crippen molar-refractivity contribution in [2.75, 3.05) is 0 Å². The van der Waals surface area contributed by atoms with E-state index in [1.54, 1.807) is 6.20 Å². The van der Waals surface area contributed by atoms with Gasteiger partial charge in [0, 0.05) is 17.8 Å². The van der Waals surface area contributed by atoms with Crippen molar-refractivity contribution in [1.29, 1.82) is 0 Å². The number of nitrogens with zero attached hydrogens (tertiary/aromatic N) is 3. The van der Waals surface area contributed by atoms with E-state index in [1.165, 1.54) is 10.9 Å². The van der Waals surface area contributed by atoms with Crippen LogP contribution in [0.3, 0.4) is 0 Å². The van der Waals surface area contributed by atoms with Gasteiger partial charge in [-0.3, -0.25) is 14.5 Å². The van der Waals surface area contributed by atoms with Crippen molar-refractivity contribution < 1.29 is 9.18 Å². The molecule has 0 aliphatic heterocycles. The van der Waals surface area contributed by atoms with Crippen LogP contribution in [0, 0.1) is 0 Å². The second-order valence-corrected chi connectivity index (χ2v) is 5.30. The van der Waals surface area contributed by atoms with Crippen LogP contribution in [-0.4, -0.2) is 20.7 Å². The maximum absolute atomic E-state index is 12.8. The number of primary amides is 1. The third-order valence-electron chi connectivity index (χ3n) is 3.29. The summed E-state index contributed by atoms with van der Waals surface area (Å²) in [6.45, 7) is -0.439. The molecule has 0 spiro atoms. The minimum absolute atomic E-state index is 0.0537. The van der Waals surface area contributed by atoms with Gasteiger partial charge in [-0.1, -0.05) is 17.7 Å². The Kier molecular flexibility index (Phi) is 3.77. The van der Waals surface area contributed by atoms with Crippen molar-refractivity contribution in [3.63, 3.8) is 0 Å². The van der Waals surface area contributed by atoms with Gasteiger partial charge in [0.15, 0.2) is 0 Å². The monoisotopic (exact) mass is 318 g/mol. The molecule has 0 saturated carbocycles. The van der Waals surface area contributed by atoms with Gasteiger partial charge in [0.25, 0.3) is 5.91 Å². The fourth-order valence-corrected chi connectivity index (χ4v) is 2.45. The van der Waals surface area contributed by atoms with E-state index in [2.05, 4.69) is 10.1 Å². The van der Waals surface area contributed by atoms with Gasteiger partial charge in [0.2, 0.25) is 0 Å². The summed E-state index contributed by atoms with van der Waals surface area (Å²) in [6.07, 6.45) is 3.04. The summed E-state index contributed by atoms with van der Waals surface area (Å²) in [5, 5.41) is 5.50. The van der Waals surface area contributed by atoms with E-state index >= 15 is 0 Å². The predicted molar refractivity (Wildman–Crippen MR) is 81.4 cm³/mol. The summed E-state index contributed by atoms with van der Waals surface area (Å²) in [4.78, 5) is 15.5. The highest BCUT2D eigenvalue weighted by molar-refractivity contribution is 6.31. The molecule has 0 radical (unpaired) electrons. The van der Waals surface area contributed by atoms with Crippen LogP contribution in [0.15, 0.2) is 36.7 Å². The number of aromatic nitrogens is 3. The maximum Gasteiger partial charge on any atom is 0.252 e. The van der Waals surface area contributed by atoms with Crippen molar-refractivity contribution in [3.8, 4) is 0 Å². The van der Waals surface area contributed by atoms with E-state index in [9.17, 15) is 9.18 Å².